The number of nitrogens with zero attached hydrogens (tertiary/aromatic N) is 2. The molecular formula is C15H30N8O6S. The largest absolute Gasteiger partial charge is 0.394 e. The summed E-state index contributed by atoms with van der Waals surface area (Å²) in [5, 5.41) is 42.1. The summed E-state index contributed by atoms with van der Waals surface area (Å²) in [5.41, 5.74) is 9.30. The first-order valence-electron chi connectivity index (χ1n) is 8.84. The van der Waals surface area contributed by atoms with Crippen LogP contribution in [0.2, 0.25) is 0 Å². The van der Waals surface area contributed by atoms with Crippen molar-refractivity contribution >= 4 is 30.3 Å². The highest BCUT2D eigenvalue weighted by Crippen LogP contribution is 2.23. The number of carbonyl (C=O) groups excluding carboxylic acids is 2. The highest BCUT2D eigenvalue weighted by atomic mass is 32.1. The van der Waals surface area contributed by atoms with Gasteiger partial charge in [-0.2, -0.15) is 0 Å². The Morgan fingerprint density at radius 1 is 1.30 bits per heavy atom. The molecule has 5 unspecified atom stereocenters. The van der Waals surface area contributed by atoms with Gasteiger partial charge >= 0.3 is 0 Å². The minimum atomic E-state index is -1.62. The molecule has 1 rings (SSSR count). The number of hydrogen-bond donors (Lipinski definition) is 10. The number of amidine groups is 1. The molecule has 172 valence electrons. The number of aliphatic hydroxyl groups excluding tert-OH is 3. The zero-order valence-corrected chi connectivity index (χ0v) is 17.5. The highest BCUT2D eigenvalue weighted by Gasteiger charge is 2.46. The molecule has 0 aromatic rings. The van der Waals surface area contributed by atoms with Crippen LogP contribution in [-0.2, 0) is 14.3 Å². The fraction of sp³-hybridized carbons (Fsp3) is 0.667. The molecule has 0 aliphatic carbocycles. The van der Waals surface area contributed by atoms with E-state index in [9.17, 15) is 19.8 Å². The number of amides is 2. The Balaban J connectivity index is 3.04. The van der Waals surface area contributed by atoms with Crippen molar-refractivity contribution in [2.45, 2.75) is 36.5 Å². The molecule has 30 heavy (non-hydrogen) atoms. The molecule has 1 heterocycles. The van der Waals surface area contributed by atoms with Gasteiger partial charge in [-0.25, -0.2) is 10.9 Å². The fourth-order valence-electron chi connectivity index (χ4n) is 2.48. The van der Waals surface area contributed by atoms with Crippen LogP contribution in [0.1, 0.15) is 6.42 Å². The molecule has 0 bridgehead atoms. The van der Waals surface area contributed by atoms with E-state index in [1.165, 1.54) is 0 Å². The third kappa shape index (κ3) is 6.78. The lowest BCUT2D eigenvalue weighted by Crippen LogP contribution is -2.54. The molecule has 1 aliphatic heterocycles. The second-order valence-electron chi connectivity index (χ2n) is 6.80. The lowest BCUT2D eigenvalue weighted by Gasteiger charge is -2.28. The minimum absolute atomic E-state index is 0.0804. The number of thiol groups is 1. The van der Waals surface area contributed by atoms with Crippen LogP contribution in [0.15, 0.2) is 11.4 Å². The number of rotatable bonds is 9. The molecule has 0 radical (unpaired) electrons. The van der Waals surface area contributed by atoms with Gasteiger partial charge in [0, 0.05) is 13.0 Å². The molecule has 1 aliphatic rings. The lowest BCUT2D eigenvalue weighted by molar-refractivity contribution is -0.150. The first kappa shape index (κ1) is 26.1. The maximum atomic E-state index is 12.8. The Labute approximate surface area is 178 Å². The molecule has 15 heteroatoms. The van der Waals surface area contributed by atoms with Gasteiger partial charge in [0.2, 0.25) is 5.91 Å². The number of carbonyl (C=O) groups is 2. The second kappa shape index (κ2) is 11.4. The summed E-state index contributed by atoms with van der Waals surface area (Å²) in [7, 11) is 3.55. The Morgan fingerprint density at radius 3 is 2.37 bits per heavy atom. The number of nitrogens with one attached hydrogen (secondary N) is 3. The van der Waals surface area contributed by atoms with Crippen LogP contribution in [0.25, 0.3) is 0 Å². The van der Waals surface area contributed by atoms with Gasteiger partial charge < -0.3 is 47.1 Å². The van der Waals surface area contributed by atoms with E-state index in [1.54, 1.807) is 19.0 Å². The Morgan fingerprint density at radius 2 is 1.90 bits per heavy atom. The zero-order chi connectivity index (χ0) is 23.2. The summed E-state index contributed by atoms with van der Waals surface area (Å²) in [6.07, 6.45) is -5.71. The van der Waals surface area contributed by atoms with Crippen molar-refractivity contribution in [1.82, 2.24) is 20.5 Å². The van der Waals surface area contributed by atoms with E-state index in [1.807, 2.05) is 0 Å². The van der Waals surface area contributed by atoms with E-state index in [2.05, 4.69) is 23.3 Å². The predicted octanol–water partition coefficient (Wildman–Crippen LogP) is -4.90. The minimum Gasteiger partial charge on any atom is -0.394 e. The van der Waals surface area contributed by atoms with Gasteiger partial charge in [0.15, 0.2) is 12.1 Å². The predicted molar refractivity (Wildman–Crippen MR) is 109 cm³/mol. The van der Waals surface area contributed by atoms with Crippen LogP contribution in [0.5, 0.6) is 0 Å². The monoisotopic (exact) mass is 450 g/mol. The molecule has 0 aromatic heterocycles. The quantitative estimate of drug-likeness (QED) is 0.0233. The maximum absolute atomic E-state index is 12.8. The summed E-state index contributed by atoms with van der Waals surface area (Å²) in [5.74, 6) is 3.57. The van der Waals surface area contributed by atoms with Gasteiger partial charge in [-0.3, -0.25) is 15.0 Å². The van der Waals surface area contributed by atoms with Crippen LogP contribution in [0.4, 0.5) is 0 Å². The van der Waals surface area contributed by atoms with Crippen LogP contribution < -0.4 is 27.9 Å². The zero-order valence-electron chi connectivity index (χ0n) is 16.6. The topological polar surface area (TPSA) is 237 Å². The van der Waals surface area contributed by atoms with E-state index < -0.39 is 65.7 Å². The van der Waals surface area contributed by atoms with Crippen molar-refractivity contribution in [3.05, 3.63) is 11.4 Å². The van der Waals surface area contributed by atoms with E-state index in [0.29, 0.717) is 11.6 Å². The summed E-state index contributed by atoms with van der Waals surface area (Å²) < 4.78 is 5.19. The van der Waals surface area contributed by atoms with Crippen LogP contribution in [0.3, 0.4) is 0 Å². The van der Waals surface area contributed by atoms with Gasteiger partial charge in [-0.05, 0) is 14.1 Å². The van der Waals surface area contributed by atoms with Crippen molar-refractivity contribution in [1.29, 1.82) is 5.41 Å². The molecule has 1 saturated heterocycles. The van der Waals surface area contributed by atoms with Gasteiger partial charge in [0.1, 0.15) is 35.2 Å². The van der Waals surface area contributed by atoms with E-state index in [-0.39, 0.29) is 6.42 Å². The summed E-state index contributed by atoms with van der Waals surface area (Å²) >= 11 is 3.91. The fourth-order valence-corrected chi connectivity index (χ4v) is 2.61. The van der Waals surface area contributed by atoms with Gasteiger partial charge in [0.05, 0.1) is 6.61 Å². The number of aliphatic hydroxyl groups is 3. The van der Waals surface area contributed by atoms with E-state index in [4.69, 9.17) is 32.6 Å². The third-order valence-electron chi connectivity index (χ3n) is 4.12. The molecule has 5 atom stereocenters. The van der Waals surface area contributed by atoms with Crippen LogP contribution in [0, 0.1) is 5.41 Å². The maximum Gasteiger partial charge on any atom is 0.288 e. The van der Waals surface area contributed by atoms with Gasteiger partial charge in [0.25, 0.3) is 5.91 Å². The first-order chi connectivity index (χ1) is 13.9. The average molecular weight is 451 g/mol. The smallest absolute Gasteiger partial charge is 0.288 e. The van der Waals surface area contributed by atoms with Crippen molar-refractivity contribution in [3.63, 3.8) is 0 Å². The SMILES string of the molecule is CN(C)CCC(=O)NC(=N)/C(N)=C(\NC(N)S)C(=O)N(N)C1OC(CO)C(O)C1O. The number of hydrazine groups is 1. The lowest BCUT2D eigenvalue weighted by atomic mass is 10.1. The third-order valence-corrected chi connectivity index (χ3v) is 4.25. The molecule has 1 fully saturated rings. The molecule has 2 amide bonds. The highest BCUT2D eigenvalue weighted by molar-refractivity contribution is 7.80. The van der Waals surface area contributed by atoms with E-state index in [0.717, 1.165) is 0 Å². The Hall–Kier alpha value is -1.98. The number of nitrogens with two attached hydrogens (primary N) is 3. The average Bonchev–Trinajstić information content (AvgIpc) is 2.96. The normalized spacial score (nSPS) is 25.5. The molecule has 12 N–H and O–H groups in total. The summed E-state index contributed by atoms with van der Waals surface area (Å²) in [6.45, 7) is -0.193. The first-order valence-corrected chi connectivity index (χ1v) is 9.36. The molecular weight excluding hydrogens is 420 g/mol. The number of hydrogen-bond acceptors (Lipinski definition) is 13. The van der Waals surface area contributed by atoms with Crippen molar-refractivity contribution in [3.8, 4) is 0 Å². The second-order valence-corrected chi connectivity index (χ2v) is 7.35. The Bertz CT molecular complexity index is 676. The standard InChI is InChI=1S/C15H30N8O6S/c1-22(2)4-3-7(25)20-12(17)8(16)9(21-15(18)30)13(28)23(19)14-11(27)10(26)6(5-24)29-14/h6,10-11,14-15,21,24,26-27,30H,3-5,16,18-19H2,1-2H3,(H2,17,20,25)/b9-8+. The van der Waals surface area contributed by atoms with E-state index >= 15 is 0 Å². The summed E-state index contributed by atoms with van der Waals surface area (Å²) in [4.78, 5) is 26.5. The van der Waals surface area contributed by atoms with Gasteiger partial charge in [-0.15, -0.1) is 12.6 Å². The molecule has 14 nitrogen and oxygen atoms in total. The molecule has 0 saturated carbocycles. The van der Waals surface area contributed by atoms with Gasteiger partial charge in [-0.1, -0.05) is 0 Å². The van der Waals surface area contributed by atoms with Crippen LogP contribution >= 0.6 is 12.6 Å². The Kier molecular flexibility index (Phi) is 9.92. The molecule has 0 spiro atoms. The van der Waals surface area contributed by atoms with Crippen LogP contribution in [-0.4, -0.2) is 100 Å². The molecule has 0 aromatic carbocycles. The summed E-state index contributed by atoms with van der Waals surface area (Å²) in [6, 6.07) is 0. The van der Waals surface area contributed by atoms with Crippen molar-refractivity contribution < 1.29 is 29.6 Å². The number of ether oxygens (including phenoxy) is 1. The van der Waals surface area contributed by atoms with Crippen molar-refractivity contribution in [2.24, 2.45) is 17.3 Å². The van der Waals surface area contributed by atoms with Crippen molar-refractivity contribution in [2.75, 3.05) is 27.2 Å².